The van der Waals surface area contributed by atoms with Crippen LogP contribution in [0.5, 0.6) is 5.75 Å². The highest BCUT2D eigenvalue weighted by atomic mass is 16.5. The fourth-order valence-corrected chi connectivity index (χ4v) is 2.63. The van der Waals surface area contributed by atoms with Crippen LogP contribution in [0.25, 0.3) is 0 Å². The van der Waals surface area contributed by atoms with Crippen LogP contribution in [-0.4, -0.2) is 11.4 Å². The van der Waals surface area contributed by atoms with E-state index < -0.39 is 0 Å². The maximum atomic E-state index is 11.1. The molecule has 4 nitrogen and oxygen atoms in total. The van der Waals surface area contributed by atoms with Crippen LogP contribution in [0.2, 0.25) is 0 Å². The van der Waals surface area contributed by atoms with Crippen LogP contribution in [0.4, 0.5) is 0 Å². The van der Waals surface area contributed by atoms with Gasteiger partial charge in [-0.2, -0.15) is 0 Å². The summed E-state index contributed by atoms with van der Waals surface area (Å²) in [7, 11) is 0. The molecule has 0 heterocycles. The molecule has 3 rings (SSSR count). The van der Waals surface area contributed by atoms with E-state index in [1.807, 2.05) is 54.6 Å². The maximum Gasteiger partial charge on any atom is 0.219 e. The fourth-order valence-electron chi connectivity index (χ4n) is 2.63. The number of hydrogen-bond acceptors (Lipinski definition) is 3. The van der Waals surface area contributed by atoms with Crippen molar-refractivity contribution in [2.75, 3.05) is 0 Å². The van der Waals surface area contributed by atoms with Gasteiger partial charge in [-0.05, 0) is 36.1 Å². The number of carbonyl (C=O) groups is 1. The lowest BCUT2D eigenvalue weighted by molar-refractivity contribution is -0.118. The molecular weight excluding hydrogens is 288 g/mol. The highest BCUT2D eigenvalue weighted by Gasteiger charge is 2.43. The van der Waals surface area contributed by atoms with Gasteiger partial charge in [-0.15, -0.1) is 0 Å². The van der Waals surface area contributed by atoms with Gasteiger partial charge in [0.25, 0.3) is 0 Å². The summed E-state index contributed by atoms with van der Waals surface area (Å²) in [6.45, 7) is 1.31. The van der Waals surface area contributed by atoms with Gasteiger partial charge in [0.2, 0.25) is 5.91 Å². The predicted molar refractivity (Wildman–Crippen MR) is 89.8 cm³/mol. The van der Waals surface area contributed by atoms with Gasteiger partial charge in [0.1, 0.15) is 12.4 Å². The third-order valence-electron chi connectivity index (χ3n) is 4.21. The van der Waals surface area contributed by atoms with Crippen molar-refractivity contribution in [3.63, 3.8) is 0 Å². The third kappa shape index (κ3) is 4.57. The molecule has 0 saturated heterocycles. The van der Waals surface area contributed by atoms with E-state index in [-0.39, 0.29) is 11.4 Å². The number of primary amides is 1. The number of nitrogens with one attached hydrogen (secondary N) is 1. The molecule has 0 atom stereocenters. The Morgan fingerprint density at radius 1 is 1.04 bits per heavy atom. The minimum absolute atomic E-state index is 0.0612. The number of amides is 1. The van der Waals surface area contributed by atoms with Crippen molar-refractivity contribution >= 4 is 5.91 Å². The summed E-state index contributed by atoms with van der Waals surface area (Å²) in [4.78, 5) is 11.1. The predicted octanol–water partition coefficient (Wildman–Crippen LogP) is 2.76. The van der Waals surface area contributed by atoms with E-state index in [0.29, 0.717) is 13.0 Å². The van der Waals surface area contributed by atoms with Crippen molar-refractivity contribution in [2.24, 2.45) is 5.73 Å². The quantitative estimate of drug-likeness (QED) is 0.788. The highest BCUT2D eigenvalue weighted by Crippen LogP contribution is 2.38. The van der Waals surface area contributed by atoms with Crippen molar-refractivity contribution < 1.29 is 9.53 Å². The van der Waals surface area contributed by atoms with Crippen LogP contribution in [-0.2, 0) is 17.9 Å². The van der Waals surface area contributed by atoms with E-state index in [0.717, 1.165) is 30.7 Å². The molecule has 1 aliphatic carbocycles. The number of rotatable bonds is 8. The van der Waals surface area contributed by atoms with Gasteiger partial charge in [0.15, 0.2) is 0 Å². The molecule has 23 heavy (non-hydrogen) atoms. The number of carbonyl (C=O) groups excluding carboxylic acids is 1. The van der Waals surface area contributed by atoms with E-state index in [1.54, 1.807) is 0 Å². The van der Waals surface area contributed by atoms with E-state index >= 15 is 0 Å². The lowest BCUT2D eigenvalue weighted by atomic mass is 10.1. The lowest BCUT2D eigenvalue weighted by Gasteiger charge is -2.15. The van der Waals surface area contributed by atoms with Crippen LogP contribution in [0.3, 0.4) is 0 Å². The average molecular weight is 310 g/mol. The first-order valence-electron chi connectivity index (χ1n) is 7.94. The minimum atomic E-state index is -0.236. The topological polar surface area (TPSA) is 64.4 Å². The van der Waals surface area contributed by atoms with Gasteiger partial charge in [-0.25, -0.2) is 0 Å². The van der Waals surface area contributed by atoms with Crippen molar-refractivity contribution in [1.82, 2.24) is 5.32 Å². The fraction of sp³-hybridized carbons (Fsp3) is 0.316. The Bertz CT molecular complexity index is 649. The first kappa shape index (κ1) is 15.6. The Labute approximate surface area is 136 Å². The van der Waals surface area contributed by atoms with Gasteiger partial charge < -0.3 is 15.8 Å². The third-order valence-corrected chi connectivity index (χ3v) is 4.21. The van der Waals surface area contributed by atoms with Crippen LogP contribution < -0.4 is 15.8 Å². The van der Waals surface area contributed by atoms with E-state index in [2.05, 4.69) is 5.32 Å². The molecule has 0 spiro atoms. The maximum absolute atomic E-state index is 11.1. The Morgan fingerprint density at radius 2 is 1.74 bits per heavy atom. The monoisotopic (exact) mass is 310 g/mol. The molecule has 0 unspecified atom stereocenters. The number of nitrogens with two attached hydrogens (primary N) is 1. The highest BCUT2D eigenvalue weighted by molar-refractivity contribution is 5.75. The van der Waals surface area contributed by atoms with Crippen LogP contribution in [0, 0.1) is 0 Å². The summed E-state index contributed by atoms with van der Waals surface area (Å²) in [5.41, 5.74) is 7.56. The normalized spacial score (nSPS) is 15.1. The van der Waals surface area contributed by atoms with Gasteiger partial charge in [-0.1, -0.05) is 42.5 Å². The average Bonchev–Trinajstić information content (AvgIpc) is 3.32. The van der Waals surface area contributed by atoms with E-state index in [1.165, 1.54) is 5.56 Å². The SMILES string of the molecule is NC(=O)CC1(NCc2ccc(OCc3ccccc3)cc2)CC1. The van der Waals surface area contributed by atoms with Gasteiger partial charge in [0, 0.05) is 18.5 Å². The smallest absolute Gasteiger partial charge is 0.219 e. The Hall–Kier alpha value is -2.33. The molecule has 4 heteroatoms. The molecule has 2 aromatic rings. The Balaban J connectivity index is 1.48. The summed E-state index contributed by atoms with van der Waals surface area (Å²) >= 11 is 0. The summed E-state index contributed by atoms with van der Waals surface area (Å²) in [6.07, 6.45) is 2.47. The van der Waals surface area contributed by atoms with Crippen LogP contribution in [0.15, 0.2) is 54.6 Å². The zero-order valence-electron chi connectivity index (χ0n) is 13.1. The first-order valence-corrected chi connectivity index (χ1v) is 7.94. The first-order chi connectivity index (χ1) is 11.2. The number of hydrogen-bond donors (Lipinski definition) is 2. The number of ether oxygens (including phenoxy) is 1. The second-order valence-electron chi connectivity index (χ2n) is 6.20. The zero-order valence-corrected chi connectivity index (χ0v) is 13.1. The van der Waals surface area contributed by atoms with Gasteiger partial charge in [0.05, 0.1) is 0 Å². The molecule has 0 aromatic heterocycles. The molecular formula is C19H22N2O2. The minimum Gasteiger partial charge on any atom is -0.489 e. The molecule has 2 aromatic carbocycles. The zero-order chi connectivity index (χ0) is 16.1. The number of benzene rings is 2. The van der Waals surface area contributed by atoms with E-state index in [9.17, 15) is 4.79 Å². The standard InChI is InChI=1S/C19H22N2O2/c20-18(22)12-19(10-11-19)21-13-15-6-8-17(9-7-15)23-14-16-4-2-1-3-5-16/h1-9,21H,10-14H2,(H2,20,22). The summed E-state index contributed by atoms with van der Waals surface area (Å²) < 4.78 is 5.78. The molecule has 1 saturated carbocycles. The molecule has 1 aliphatic rings. The second-order valence-corrected chi connectivity index (χ2v) is 6.20. The second kappa shape index (κ2) is 6.84. The Morgan fingerprint density at radius 3 is 2.35 bits per heavy atom. The lowest BCUT2D eigenvalue weighted by Crippen LogP contribution is -2.35. The van der Waals surface area contributed by atoms with E-state index in [4.69, 9.17) is 10.5 Å². The largest absolute Gasteiger partial charge is 0.489 e. The van der Waals surface area contributed by atoms with Gasteiger partial charge in [-0.3, -0.25) is 4.79 Å². The van der Waals surface area contributed by atoms with Crippen molar-refractivity contribution in [2.45, 2.75) is 38.0 Å². The van der Waals surface area contributed by atoms with Crippen LogP contribution >= 0.6 is 0 Å². The van der Waals surface area contributed by atoms with Crippen molar-refractivity contribution in [3.8, 4) is 5.75 Å². The Kier molecular flexibility index (Phi) is 4.63. The molecule has 0 radical (unpaired) electrons. The molecule has 3 N–H and O–H groups in total. The van der Waals surface area contributed by atoms with Crippen LogP contribution in [0.1, 0.15) is 30.4 Å². The summed E-state index contributed by atoms with van der Waals surface area (Å²) in [5, 5.41) is 3.45. The van der Waals surface area contributed by atoms with Gasteiger partial charge >= 0.3 is 0 Å². The van der Waals surface area contributed by atoms with Crippen molar-refractivity contribution in [3.05, 3.63) is 65.7 Å². The summed E-state index contributed by atoms with van der Waals surface area (Å²) in [6, 6.07) is 18.2. The summed E-state index contributed by atoms with van der Waals surface area (Å²) in [5.74, 6) is 0.621. The van der Waals surface area contributed by atoms with Crippen molar-refractivity contribution in [1.29, 1.82) is 0 Å². The molecule has 120 valence electrons. The molecule has 0 bridgehead atoms. The molecule has 1 fully saturated rings. The molecule has 1 amide bonds. The molecule has 0 aliphatic heterocycles.